The van der Waals surface area contributed by atoms with E-state index < -0.39 is 5.91 Å². The van der Waals surface area contributed by atoms with Crippen molar-refractivity contribution in [2.45, 2.75) is 0 Å². The first-order valence-corrected chi connectivity index (χ1v) is 7.27. The van der Waals surface area contributed by atoms with E-state index in [0.717, 1.165) is 0 Å². The number of hydrogen-bond donors (Lipinski definition) is 1. The molecule has 0 spiro atoms. The fourth-order valence-electron chi connectivity index (χ4n) is 2.19. The Balaban J connectivity index is 1.66. The highest BCUT2D eigenvalue weighted by atomic mass is 35.5. The van der Waals surface area contributed by atoms with Gasteiger partial charge >= 0.3 is 0 Å². The molecule has 1 amide bonds. The number of rotatable bonds is 3. The number of anilines is 1. The van der Waals surface area contributed by atoms with E-state index in [9.17, 15) is 4.79 Å². The van der Waals surface area contributed by atoms with Gasteiger partial charge < -0.3 is 4.42 Å². The molecule has 9 heteroatoms. The monoisotopic (exact) mass is 340 g/mol. The van der Waals surface area contributed by atoms with Crippen LogP contribution in [0.3, 0.4) is 0 Å². The van der Waals surface area contributed by atoms with Gasteiger partial charge in [0.2, 0.25) is 0 Å². The molecule has 24 heavy (non-hydrogen) atoms. The number of nitrogens with zero attached hydrogens (tertiary/aromatic N) is 5. The molecule has 0 saturated carbocycles. The summed E-state index contributed by atoms with van der Waals surface area (Å²) in [5, 5.41) is 7.14. The molecule has 0 unspecified atom stereocenters. The average Bonchev–Trinajstić information content (AvgIpc) is 3.21. The summed E-state index contributed by atoms with van der Waals surface area (Å²) in [5.74, 6) is 0.264. The van der Waals surface area contributed by atoms with Crippen molar-refractivity contribution >= 4 is 29.2 Å². The van der Waals surface area contributed by atoms with Crippen LogP contribution < -0.4 is 5.32 Å². The fraction of sp³-hybridized carbons (Fsp3) is 0. The summed E-state index contributed by atoms with van der Waals surface area (Å²) in [6.45, 7) is 0. The number of hydrogen-bond acceptors (Lipinski definition) is 6. The minimum atomic E-state index is -0.505. The molecule has 0 radical (unpaired) electrons. The third-order valence-electron chi connectivity index (χ3n) is 3.24. The Kier molecular flexibility index (Phi) is 3.43. The predicted octanol–water partition coefficient (Wildman–Crippen LogP) is 2.69. The van der Waals surface area contributed by atoms with Crippen molar-refractivity contribution in [1.82, 2.24) is 24.6 Å². The molecule has 3 aromatic heterocycles. The van der Waals surface area contributed by atoms with Crippen molar-refractivity contribution in [1.29, 1.82) is 0 Å². The zero-order valence-corrected chi connectivity index (χ0v) is 12.8. The van der Waals surface area contributed by atoms with Gasteiger partial charge in [-0.3, -0.25) is 10.1 Å². The number of amides is 1. The van der Waals surface area contributed by atoms with Crippen LogP contribution in [0.5, 0.6) is 0 Å². The first-order valence-electron chi connectivity index (χ1n) is 6.89. The summed E-state index contributed by atoms with van der Waals surface area (Å²) >= 11 is 6.15. The van der Waals surface area contributed by atoms with Crippen molar-refractivity contribution in [3.8, 4) is 11.3 Å². The highest BCUT2D eigenvalue weighted by molar-refractivity contribution is 6.33. The molecule has 0 aliphatic heterocycles. The first-order chi connectivity index (χ1) is 11.7. The maximum Gasteiger partial charge on any atom is 0.280 e. The topological polar surface area (TPSA) is 98.2 Å². The van der Waals surface area contributed by atoms with Crippen molar-refractivity contribution in [2.75, 3.05) is 5.32 Å². The number of carbonyl (C=O) groups is 1. The van der Waals surface area contributed by atoms with E-state index >= 15 is 0 Å². The van der Waals surface area contributed by atoms with Crippen LogP contribution in [-0.4, -0.2) is 30.5 Å². The maximum atomic E-state index is 12.5. The Bertz CT molecular complexity index is 1010. The lowest BCUT2D eigenvalue weighted by molar-refractivity contribution is 0.102. The standard InChI is InChI=1S/C15H9ClN6O2/c16-10-5-2-1-4-9(10)12-11(18-8-24-12)13(23)19-14-20-15-17-6-3-7-22(15)21-14/h1-8H,(H,19,21,23). The molecule has 118 valence electrons. The van der Waals surface area contributed by atoms with E-state index in [4.69, 9.17) is 16.0 Å². The molecule has 0 bridgehead atoms. The lowest BCUT2D eigenvalue weighted by atomic mass is 10.1. The van der Waals surface area contributed by atoms with Crippen LogP contribution >= 0.6 is 11.6 Å². The predicted molar refractivity (Wildman–Crippen MR) is 85.7 cm³/mol. The second kappa shape index (κ2) is 5.74. The third-order valence-corrected chi connectivity index (χ3v) is 3.57. The molecule has 0 aliphatic rings. The lowest BCUT2D eigenvalue weighted by Gasteiger charge is -2.02. The summed E-state index contributed by atoms with van der Waals surface area (Å²) in [5.41, 5.74) is 0.668. The SMILES string of the molecule is O=C(Nc1nc2ncccn2n1)c1ncoc1-c1ccccc1Cl. The molecule has 1 aromatic carbocycles. The van der Waals surface area contributed by atoms with E-state index in [1.165, 1.54) is 10.9 Å². The molecule has 3 heterocycles. The van der Waals surface area contributed by atoms with Gasteiger partial charge in [0.25, 0.3) is 17.6 Å². The van der Waals surface area contributed by atoms with Crippen LogP contribution in [0.2, 0.25) is 5.02 Å². The smallest absolute Gasteiger partial charge is 0.280 e. The Labute approximate surface area is 140 Å². The Morgan fingerprint density at radius 2 is 2.08 bits per heavy atom. The Morgan fingerprint density at radius 3 is 2.92 bits per heavy atom. The molecule has 0 fully saturated rings. The summed E-state index contributed by atoms with van der Waals surface area (Å²) in [6, 6.07) is 8.74. The van der Waals surface area contributed by atoms with Crippen LogP contribution in [0.1, 0.15) is 10.5 Å². The largest absolute Gasteiger partial charge is 0.443 e. The van der Waals surface area contributed by atoms with Crippen molar-refractivity contribution < 1.29 is 9.21 Å². The zero-order chi connectivity index (χ0) is 16.5. The average molecular weight is 341 g/mol. The number of nitrogens with one attached hydrogen (secondary N) is 1. The lowest BCUT2D eigenvalue weighted by Crippen LogP contribution is -2.14. The van der Waals surface area contributed by atoms with E-state index in [1.54, 1.807) is 42.7 Å². The van der Waals surface area contributed by atoms with Gasteiger partial charge in [0.1, 0.15) is 0 Å². The minimum Gasteiger partial charge on any atom is -0.443 e. The van der Waals surface area contributed by atoms with Crippen molar-refractivity contribution in [2.24, 2.45) is 0 Å². The van der Waals surface area contributed by atoms with E-state index in [1.807, 2.05) is 0 Å². The number of fused-ring (bicyclic) bond motifs is 1. The molecule has 4 aromatic rings. The maximum absolute atomic E-state index is 12.5. The van der Waals surface area contributed by atoms with Crippen molar-refractivity contribution in [3.63, 3.8) is 0 Å². The summed E-state index contributed by atoms with van der Waals surface area (Å²) in [6.07, 6.45) is 4.45. The van der Waals surface area contributed by atoms with Crippen LogP contribution in [0.4, 0.5) is 5.95 Å². The van der Waals surface area contributed by atoms with Gasteiger partial charge in [-0.2, -0.15) is 4.98 Å². The molecular weight excluding hydrogens is 332 g/mol. The van der Waals surface area contributed by atoms with Gasteiger partial charge in [-0.25, -0.2) is 14.5 Å². The Morgan fingerprint density at radius 1 is 1.21 bits per heavy atom. The van der Waals surface area contributed by atoms with Crippen LogP contribution in [-0.2, 0) is 0 Å². The molecule has 0 saturated heterocycles. The first kappa shape index (κ1) is 14.3. The number of aromatic nitrogens is 5. The summed E-state index contributed by atoms with van der Waals surface area (Å²) in [7, 11) is 0. The number of oxazole rings is 1. The second-order valence-electron chi connectivity index (χ2n) is 4.76. The molecule has 0 aliphatic carbocycles. The quantitative estimate of drug-likeness (QED) is 0.615. The van der Waals surface area contributed by atoms with E-state index in [0.29, 0.717) is 16.4 Å². The van der Waals surface area contributed by atoms with Gasteiger partial charge in [0.15, 0.2) is 17.8 Å². The normalized spacial score (nSPS) is 10.9. The highest BCUT2D eigenvalue weighted by Crippen LogP contribution is 2.30. The van der Waals surface area contributed by atoms with Crippen LogP contribution in [0.25, 0.3) is 17.1 Å². The fourth-order valence-corrected chi connectivity index (χ4v) is 2.41. The van der Waals surface area contributed by atoms with Crippen LogP contribution in [0, 0.1) is 0 Å². The van der Waals surface area contributed by atoms with Crippen LogP contribution in [0.15, 0.2) is 53.5 Å². The second-order valence-corrected chi connectivity index (χ2v) is 5.17. The summed E-state index contributed by atoms with van der Waals surface area (Å²) in [4.78, 5) is 24.6. The molecule has 1 N–H and O–H groups in total. The Hall–Kier alpha value is -3.26. The molecular formula is C15H9ClN6O2. The van der Waals surface area contributed by atoms with Gasteiger partial charge in [-0.1, -0.05) is 23.7 Å². The van der Waals surface area contributed by atoms with Crippen molar-refractivity contribution in [3.05, 3.63) is 59.8 Å². The third kappa shape index (κ3) is 2.48. The highest BCUT2D eigenvalue weighted by Gasteiger charge is 2.21. The van der Waals surface area contributed by atoms with Gasteiger partial charge in [0, 0.05) is 18.0 Å². The number of halogens is 1. The van der Waals surface area contributed by atoms with E-state index in [-0.39, 0.29) is 17.4 Å². The number of benzene rings is 1. The molecule has 0 atom stereocenters. The van der Waals surface area contributed by atoms with Gasteiger partial charge in [-0.05, 0) is 18.2 Å². The summed E-state index contributed by atoms with van der Waals surface area (Å²) < 4.78 is 6.79. The minimum absolute atomic E-state index is 0.0925. The number of carbonyl (C=O) groups excluding carboxylic acids is 1. The van der Waals surface area contributed by atoms with Gasteiger partial charge in [-0.15, -0.1) is 5.10 Å². The zero-order valence-electron chi connectivity index (χ0n) is 12.0. The van der Waals surface area contributed by atoms with E-state index in [2.05, 4.69) is 25.4 Å². The molecule has 4 rings (SSSR count). The van der Waals surface area contributed by atoms with Gasteiger partial charge in [0.05, 0.1) is 5.02 Å². The molecule has 8 nitrogen and oxygen atoms in total.